The molecule has 0 radical (unpaired) electrons. The average molecular weight is 312 g/mol. The highest BCUT2D eigenvalue weighted by molar-refractivity contribution is 6.30. The van der Waals surface area contributed by atoms with Gasteiger partial charge in [-0.1, -0.05) is 23.7 Å². The van der Waals surface area contributed by atoms with Gasteiger partial charge in [-0.15, -0.1) is 0 Å². The van der Waals surface area contributed by atoms with Crippen molar-refractivity contribution in [2.24, 2.45) is 0 Å². The number of aliphatic hydroxyl groups excluding tert-OH is 1. The van der Waals surface area contributed by atoms with Crippen LogP contribution in [0.2, 0.25) is 5.02 Å². The number of halogens is 1. The van der Waals surface area contributed by atoms with Crippen LogP contribution in [0.1, 0.15) is 31.7 Å². The number of aliphatic hydroxyl groups is 1. The maximum Gasteiger partial charge on any atom is 0.230 e. The summed E-state index contributed by atoms with van der Waals surface area (Å²) in [5.41, 5.74) is 0.423. The van der Waals surface area contributed by atoms with Crippen molar-refractivity contribution >= 4 is 17.5 Å². The Labute approximate surface area is 130 Å². The average Bonchev–Trinajstić information content (AvgIpc) is 2.48. The highest BCUT2D eigenvalue weighted by atomic mass is 35.5. The van der Waals surface area contributed by atoms with Crippen LogP contribution in [0.25, 0.3) is 0 Å². The smallest absolute Gasteiger partial charge is 0.230 e. The Bertz CT molecular complexity index is 467. The van der Waals surface area contributed by atoms with Gasteiger partial charge in [0, 0.05) is 24.8 Å². The van der Waals surface area contributed by atoms with Gasteiger partial charge >= 0.3 is 0 Å². The molecule has 0 bridgehead atoms. The Morgan fingerprint density at radius 1 is 1.38 bits per heavy atom. The van der Waals surface area contributed by atoms with E-state index in [4.69, 9.17) is 16.3 Å². The maximum absolute atomic E-state index is 12.7. The number of ether oxygens (including phenoxy) is 1. The number of amides is 1. The largest absolute Gasteiger partial charge is 0.393 e. The van der Waals surface area contributed by atoms with E-state index in [1.165, 1.54) is 0 Å². The summed E-state index contributed by atoms with van der Waals surface area (Å²) in [5, 5.41) is 12.9. The molecule has 5 heteroatoms. The van der Waals surface area contributed by atoms with Crippen LogP contribution >= 0.6 is 11.6 Å². The number of nitrogens with one attached hydrogen (secondary N) is 1. The first-order chi connectivity index (χ1) is 10.0. The Morgan fingerprint density at radius 3 is 2.57 bits per heavy atom. The van der Waals surface area contributed by atoms with Crippen LogP contribution in [0, 0.1) is 0 Å². The molecule has 1 aromatic carbocycles. The monoisotopic (exact) mass is 311 g/mol. The SMILES string of the molecule is CC(O)CCNC(=O)C1(c2ccc(Cl)cc2)CCOCC1. The van der Waals surface area contributed by atoms with Gasteiger partial charge in [-0.3, -0.25) is 4.79 Å². The van der Waals surface area contributed by atoms with Gasteiger partial charge in [-0.2, -0.15) is 0 Å². The molecular formula is C16H22ClNO3. The van der Waals surface area contributed by atoms with Crippen LogP contribution in [0.5, 0.6) is 0 Å². The Morgan fingerprint density at radius 2 is 2.00 bits per heavy atom. The van der Waals surface area contributed by atoms with Gasteiger partial charge in [0.2, 0.25) is 5.91 Å². The second kappa shape index (κ2) is 7.25. The topological polar surface area (TPSA) is 58.6 Å². The van der Waals surface area contributed by atoms with E-state index in [9.17, 15) is 9.90 Å². The lowest BCUT2D eigenvalue weighted by Gasteiger charge is -2.36. The van der Waals surface area contributed by atoms with Crippen molar-refractivity contribution in [2.45, 2.75) is 37.7 Å². The number of benzene rings is 1. The van der Waals surface area contributed by atoms with Crippen molar-refractivity contribution < 1.29 is 14.6 Å². The molecule has 116 valence electrons. The maximum atomic E-state index is 12.7. The van der Waals surface area contributed by atoms with Crippen molar-refractivity contribution in [3.63, 3.8) is 0 Å². The first-order valence-electron chi connectivity index (χ1n) is 7.35. The van der Waals surface area contributed by atoms with E-state index in [0.717, 1.165) is 5.56 Å². The summed E-state index contributed by atoms with van der Waals surface area (Å²) < 4.78 is 5.42. The molecule has 1 aliphatic heterocycles. The van der Waals surface area contributed by atoms with Gasteiger partial charge in [0.1, 0.15) is 0 Å². The molecule has 2 rings (SSSR count). The zero-order valence-electron chi connectivity index (χ0n) is 12.3. The molecule has 0 aliphatic carbocycles. The molecule has 21 heavy (non-hydrogen) atoms. The van der Waals surface area contributed by atoms with Crippen molar-refractivity contribution in [1.82, 2.24) is 5.32 Å². The highest BCUT2D eigenvalue weighted by Gasteiger charge is 2.41. The minimum absolute atomic E-state index is 0.00812. The standard InChI is InChI=1S/C16H22ClNO3/c1-12(19)6-9-18-15(20)16(7-10-21-11-8-16)13-2-4-14(17)5-3-13/h2-5,12,19H,6-11H2,1H3,(H,18,20). The van der Waals surface area contributed by atoms with Crippen molar-refractivity contribution in [1.29, 1.82) is 0 Å². The van der Waals surface area contributed by atoms with Gasteiger partial charge in [0.05, 0.1) is 11.5 Å². The normalized spacial score (nSPS) is 19.0. The highest BCUT2D eigenvalue weighted by Crippen LogP contribution is 2.35. The predicted octanol–water partition coefficient (Wildman–Crippen LogP) is 2.28. The first kappa shape index (κ1) is 16.3. The zero-order valence-corrected chi connectivity index (χ0v) is 13.0. The fourth-order valence-corrected chi connectivity index (χ4v) is 2.83. The van der Waals surface area contributed by atoms with Crippen molar-refractivity contribution in [2.75, 3.05) is 19.8 Å². The summed E-state index contributed by atoms with van der Waals surface area (Å²) in [7, 11) is 0. The number of hydrogen-bond donors (Lipinski definition) is 2. The van der Waals surface area contributed by atoms with Gasteiger partial charge in [0.15, 0.2) is 0 Å². The summed E-state index contributed by atoms with van der Waals surface area (Å²) in [4.78, 5) is 12.7. The Kier molecular flexibility index (Phi) is 5.62. The van der Waals surface area contributed by atoms with E-state index in [-0.39, 0.29) is 5.91 Å². The van der Waals surface area contributed by atoms with Crippen LogP contribution in [-0.2, 0) is 14.9 Å². The third-order valence-corrected chi connectivity index (χ3v) is 4.28. The molecule has 0 saturated carbocycles. The molecular weight excluding hydrogens is 290 g/mol. The second-order valence-electron chi connectivity index (χ2n) is 5.59. The van der Waals surface area contributed by atoms with Gasteiger partial charge in [-0.25, -0.2) is 0 Å². The molecule has 1 unspecified atom stereocenters. The molecule has 2 N–H and O–H groups in total. The summed E-state index contributed by atoms with van der Waals surface area (Å²) in [6.45, 7) is 3.35. The lowest BCUT2D eigenvalue weighted by Crippen LogP contribution is -2.48. The summed E-state index contributed by atoms with van der Waals surface area (Å²) in [5.74, 6) is 0.00812. The molecule has 4 nitrogen and oxygen atoms in total. The molecule has 1 saturated heterocycles. The lowest BCUT2D eigenvalue weighted by molar-refractivity contribution is -0.130. The van der Waals surface area contributed by atoms with Crippen LogP contribution < -0.4 is 5.32 Å². The second-order valence-corrected chi connectivity index (χ2v) is 6.03. The molecule has 0 aromatic heterocycles. The van der Waals surface area contributed by atoms with E-state index in [1.807, 2.05) is 24.3 Å². The number of hydrogen-bond acceptors (Lipinski definition) is 3. The van der Waals surface area contributed by atoms with E-state index >= 15 is 0 Å². The number of rotatable bonds is 5. The van der Waals surface area contributed by atoms with E-state index in [2.05, 4.69) is 5.32 Å². The fraction of sp³-hybridized carbons (Fsp3) is 0.562. The van der Waals surface area contributed by atoms with E-state index in [1.54, 1.807) is 6.92 Å². The van der Waals surface area contributed by atoms with Gasteiger partial charge < -0.3 is 15.2 Å². The number of carbonyl (C=O) groups excluding carboxylic acids is 1. The van der Waals surface area contributed by atoms with Crippen LogP contribution in [-0.4, -0.2) is 36.9 Å². The third kappa shape index (κ3) is 3.96. The Balaban J connectivity index is 2.16. The van der Waals surface area contributed by atoms with Gasteiger partial charge in [-0.05, 0) is 43.9 Å². The minimum atomic E-state index is -0.554. The summed E-state index contributed by atoms with van der Waals surface area (Å²) >= 11 is 5.94. The lowest BCUT2D eigenvalue weighted by atomic mass is 9.73. The molecule has 1 fully saturated rings. The Hall–Kier alpha value is -1.10. The number of carbonyl (C=O) groups is 1. The van der Waals surface area contributed by atoms with Gasteiger partial charge in [0.25, 0.3) is 0 Å². The molecule has 1 atom stereocenters. The molecule has 1 heterocycles. The van der Waals surface area contributed by atoms with E-state index in [0.29, 0.717) is 44.0 Å². The van der Waals surface area contributed by atoms with Crippen LogP contribution in [0.4, 0.5) is 0 Å². The summed E-state index contributed by atoms with van der Waals surface area (Å²) in [6.07, 6.45) is 1.47. The minimum Gasteiger partial charge on any atom is -0.393 e. The molecule has 1 amide bonds. The van der Waals surface area contributed by atoms with Crippen LogP contribution in [0.3, 0.4) is 0 Å². The summed E-state index contributed by atoms with van der Waals surface area (Å²) in [6, 6.07) is 7.47. The fourth-order valence-electron chi connectivity index (χ4n) is 2.70. The van der Waals surface area contributed by atoms with Crippen molar-refractivity contribution in [3.8, 4) is 0 Å². The predicted molar refractivity (Wildman–Crippen MR) is 82.5 cm³/mol. The zero-order chi connectivity index (χ0) is 15.3. The molecule has 1 aromatic rings. The first-order valence-corrected chi connectivity index (χ1v) is 7.72. The van der Waals surface area contributed by atoms with Crippen molar-refractivity contribution in [3.05, 3.63) is 34.9 Å². The van der Waals surface area contributed by atoms with Crippen LogP contribution in [0.15, 0.2) is 24.3 Å². The molecule has 0 spiro atoms. The quantitative estimate of drug-likeness (QED) is 0.877. The molecule has 1 aliphatic rings. The van der Waals surface area contributed by atoms with E-state index < -0.39 is 11.5 Å². The third-order valence-electron chi connectivity index (χ3n) is 4.03.